The highest BCUT2D eigenvalue weighted by atomic mass is 32.1. The number of aryl methyl sites for hydroxylation is 3. The zero-order chi connectivity index (χ0) is 27.3. The smallest absolute Gasteiger partial charge is 0.328 e. The van der Waals surface area contributed by atoms with Crippen LogP contribution >= 0.6 is 11.3 Å². The molecule has 8 nitrogen and oxygen atoms in total. The van der Waals surface area contributed by atoms with E-state index in [4.69, 9.17) is 9.47 Å². The van der Waals surface area contributed by atoms with Gasteiger partial charge in [-0.2, -0.15) is 0 Å². The number of ether oxygens (including phenoxy) is 2. The Bertz CT molecular complexity index is 1270. The van der Waals surface area contributed by atoms with E-state index in [1.165, 1.54) is 18.4 Å². The number of hydrogen-bond acceptors (Lipinski definition) is 6. The quantitative estimate of drug-likeness (QED) is 0.318. The highest BCUT2D eigenvalue weighted by molar-refractivity contribution is 7.18. The van der Waals surface area contributed by atoms with Crippen molar-refractivity contribution < 1.29 is 23.9 Å². The van der Waals surface area contributed by atoms with Gasteiger partial charge < -0.3 is 25.4 Å². The number of amides is 3. The van der Waals surface area contributed by atoms with Crippen LogP contribution in [0.4, 0.5) is 16.2 Å². The van der Waals surface area contributed by atoms with Crippen LogP contribution in [0.5, 0.6) is 5.75 Å². The fourth-order valence-corrected chi connectivity index (χ4v) is 5.05. The number of nitrogens with one attached hydrogen (secondary N) is 3. The number of rotatable bonds is 8. The largest absolute Gasteiger partial charge is 0.497 e. The van der Waals surface area contributed by atoms with E-state index in [1.54, 1.807) is 13.2 Å². The van der Waals surface area contributed by atoms with E-state index in [2.05, 4.69) is 16.0 Å². The van der Waals surface area contributed by atoms with Crippen LogP contribution in [0.3, 0.4) is 0 Å². The second-order valence-electron chi connectivity index (χ2n) is 9.15. The second-order valence-corrected chi connectivity index (χ2v) is 10.2. The van der Waals surface area contributed by atoms with Crippen LogP contribution in [0, 0.1) is 26.7 Å². The van der Waals surface area contributed by atoms with Gasteiger partial charge in [-0.3, -0.25) is 4.79 Å². The highest BCUT2D eigenvalue weighted by Crippen LogP contribution is 2.36. The van der Waals surface area contributed by atoms with Crippen molar-refractivity contribution in [2.24, 2.45) is 5.92 Å². The molecule has 0 radical (unpaired) electrons. The first-order valence-electron chi connectivity index (χ1n) is 11.9. The maximum absolute atomic E-state index is 13.3. The molecule has 2 aromatic carbocycles. The zero-order valence-electron chi connectivity index (χ0n) is 22.1. The van der Waals surface area contributed by atoms with Crippen LogP contribution in [0.15, 0.2) is 42.5 Å². The Hall–Kier alpha value is -3.85. The van der Waals surface area contributed by atoms with Crippen LogP contribution in [0.25, 0.3) is 10.4 Å². The summed E-state index contributed by atoms with van der Waals surface area (Å²) in [5, 5.41) is 8.49. The minimum absolute atomic E-state index is 0.190. The molecule has 3 N–H and O–H groups in total. The molecule has 9 heteroatoms. The average molecular weight is 524 g/mol. The number of carbonyl (C=O) groups is 3. The predicted molar refractivity (Wildman–Crippen MR) is 148 cm³/mol. The first kappa shape index (κ1) is 27.7. The average Bonchev–Trinajstić information content (AvgIpc) is 3.27. The molecular formula is C28H33N3O5S. The summed E-state index contributed by atoms with van der Waals surface area (Å²) in [6.07, 6.45) is 0. The Morgan fingerprint density at radius 1 is 0.892 bits per heavy atom. The predicted octanol–water partition coefficient (Wildman–Crippen LogP) is 5.92. The van der Waals surface area contributed by atoms with Gasteiger partial charge in [-0.05, 0) is 73.7 Å². The molecule has 3 rings (SSSR count). The van der Waals surface area contributed by atoms with Crippen molar-refractivity contribution in [1.29, 1.82) is 0 Å². The molecule has 0 saturated carbocycles. The molecule has 0 unspecified atom stereocenters. The van der Waals surface area contributed by atoms with Crippen LogP contribution in [-0.4, -0.2) is 38.2 Å². The van der Waals surface area contributed by atoms with E-state index in [9.17, 15) is 14.4 Å². The molecule has 0 spiro atoms. The van der Waals surface area contributed by atoms with Crippen molar-refractivity contribution in [2.75, 3.05) is 24.9 Å². The molecule has 0 bridgehead atoms. The third-order valence-corrected chi connectivity index (χ3v) is 7.07. The molecule has 3 amide bonds. The van der Waals surface area contributed by atoms with Gasteiger partial charge >= 0.3 is 12.0 Å². The lowest BCUT2D eigenvalue weighted by atomic mass is 10.0. The zero-order valence-corrected chi connectivity index (χ0v) is 23.0. The monoisotopic (exact) mass is 523 g/mol. The van der Waals surface area contributed by atoms with Crippen molar-refractivity contribution in [2.45, 2.75) is 40.7 Å². The molecule has 0 aliphatic rings. The lowest BCUT2D eigenvalue weighted by Gasteiger charge is -2.20. The third-order valence-electron chi connectivity index (χ3n) is 5.88. The molecule has 0 saturated heterocycles. The molecule has 1 heterocycles. The van der Waals surface area contributed by atoms with E-state index in [0.717, 1.165) is 27.1 Å². The van der Waals surface area contributed by atoms with Gasteiger partial charge in [-0.1, -0.05) is 31.5 Å². The third kappa shape index (κ3) is 6.68. The molecule has 0 fully saturated rings. The second kappa shape index (κ2) is 11.9. The Balaban J connectivity index is 1.94. The van der Waals surface area contributed by atoms with Crippen molar-refractivity contribution in [3.63, 3.8) is 0 Å². The van der Waals surface area contributed by atoms with Gasteiger partial charge in [-0.25, -0.2) is 9.59 Å². The first-order chi connectivity index (χ1) is 17.5. The maximum Gasteiger partial charge on any atom is 0.328 e. The lowest BCUT2D eigenvalue weighted by Crippen LogP contribution is -2.45. The van der Waals surface area contributed by atoms with Crippen LogP contribution in [0.1, 0.15) is 40.2 Å². The number of esters is 1. The summed E-state index contributed by atoms with van der Waals surface area (Å²) in [5.41, 5.74) is 4.88. The van der Waals surface area contributed by atoms with Gasteiger partial charge in [0, 0.05) is 10.6 Å². The molecule has 1 aromatic heterocycles. The summed E-state index contributed by atoms with van der Waals surface area (Å²) in [6.45, 7) is 9.49. The molecule has 0 aliphatic heterocycles. The van der Waals surface area contributed by atoms with E-state index < -0.39 is 23.9 Å². The number of thiophene rings is 1. The number of carbonyl (C=O) groups excluding carboxylic acids is 3. The molecule has 196 valence electrons. The topological polar surface area (TPSA) is 106 Å². The minimum Gasteiger partial charge on any atom is -0.497 e. The minimum atomic E-state index is -0.830. The normalized spacial score (nSPS) is 11.6. The summed E-state index contributed by atoms with van der Waals surface area (Å²) in [7, 11) is 2.87. The summed E-state index contributed by atoms with van der Waals surface area (Å²) in [4.78, 5) is 39.6. The summed E-state index contributed by atoms with van der Waals surface area (Å²) in [6, 6.07) is 11.8. The summed E-state index contributed by atoms with van der Waals surface area (Å²) in [5.74, 6) is -0.498. The lowest BCUT2D eigenvalue weighted by molar-refractivity contribution is -0.144. The van der Waals surface area contributed by atoms with Crippen molar-refractivity contribution in [1.82, 2.24) is 5.32 Å². The maximum atomic E-state index is 13.3. The van der Waals surface area contributed by atoms with Crippen LogP contribution in [0.2, 0.25) is 0 Å². The number of benzene rings is 2. The summed E-state index contributed by atoms with van der Waals surface area (Å²) >= 11 is 1.22. The molecular weight excluding hydrogens is 490 g/mol. The van der Waals surface area contributed by atoms with Gasteiger partial charge in [-0.15, -0.1) is 11.3 Å². The summed E-state index contributed by atoms with van der Waals surface area (Å²) < 4.78 is 10.1. The van der Waals surface area contributed by atoms with Crippen LogP contribution < -0.4 is 20.7 Å². The number of anilines is 2. The van der Waals surface area contributed by atoms with E-state index in [-0.39, 0.29) is 10.8 Å². The first-order valence-corrected chi connectivity index (χ1v) is 12.7. The van der Waals surface area contributed by atoms with Gasteiger partial charge in [0.2, 0.25) is 0 Å². The van der Waals surface area contributed by atoms with Gasteiger partial charge in [0.05, 0.1) is 19.9 Å². The Morgan fingerprint density at radius 3 is 2.05 bits per heavy atom. The molecule has 0 aliphatic carbocycles. The van der Waals surface area contributed by atoms with Crippen molar-refractivity contribution >= 4 is 40.6 Å². The van der Waals surface area contributed by atoms with Crippen molar-refractivity contribution in [3.8, 4) is 16.2 Å². The van der Waals surface area contributed by atoms with Gasteiger partial charge in [0.1, 0.15) is 16.7 Å². The van der Waals surface area contributed by atoms with E-state index >= 15 is 0 Å². The van der Waals surface area contributed by atoms with Crippen molar-refractivity contribution in [3.05, 3.63) is 64.0 Å². The van der Waals surface area contributed by atoms with Crippen LogP contribution in [-0.2, 0) is 9.53 Å². The number of methoxy groups -OCH3 is 2. The molecule has 37 heavy (non-hydrogen) atoms. The fraction of sp³-hybridized carbons (Fsp3) is 0.321. The Labute approximate surface area is 221 Å². The SMILES string of the molecule is COC(=O)[C@H](NC(=O)c1sc(-c2ccc(OC)cc2)cc1NC(=O)Nc1c(C)cc(C)cc1C)C(C)C. The van der Waals surface area contributed by atoms with E-state index in [1.807, 2.05) is 71.0 Å². The Morgan fingerprint density at radius 2 is 1.51 bits per heavy atom. The van der Waals surface area contributed by atoms with Gasteiger partial charge in [0.25, 0.3) is 5.91 Å². The van der Waals surface area contributed by atoms with Gasteiger partial charge in [0.15, 0.2) is 0 Å². The fourth-order valence-electron chi connectivity index (χ4n) is 4.03. The molecule has 3 aromatic rings. The number of hydrogen-bond donors (Lipinski definition) is 3. The Kier molecular flexibility index (Phi) is 8.94. The van der Waals surface area contributed by atoms with E-state index in [0.29, 0.717) is 17.1 Å². The molecule has 1 atom stereocenters. The number of urea groups is 1. The standard InChI is InChI=1S/C28H33N3O5S/c1-15(2)23(27(33)36-7)30-26(32)25-21(14-22(37-25)19-8-10-20(35-6)11-9-19)29-28(34)31-24-17(4)12-16(3)13-18(24)5/h8-15,23H,1-7H3,(H,30,32)(H2,29,31,34)/t23-/m1/s1. The highest BCUT2D eigenvalue weighted by Gasteiger charge is 2.28.